The molecule has 1 amide bonds. The average Bonchev–Trinajstić information content (AvgIpc) is 2.40. The lowest BCUT2D eigenvalue weighted by molar-refractivity contribution is -0.115. The van der Waals surface area contributed by atoms with Gasteiger partial charge in [-0.3, -0.25) is 4.79 Å². The Hall–Kier alpha value is -0.670. The molecule has 19 heavy (non-hydrogen) atoms. The van der Waals surface area contributed by atoms with Crippen LogP contribution < -0.4 is 5.32 Å². The van der Waals surface area contributed by atoms with Crippen LogP contribution in [0, 0.1) is 0 Å². The summed E-state index contributed by atoms with van der Waals surface area (Å²) in [6.07, 6.45) is 7.31. The topological polar surface area (TPSA) is 29.1 Å². The van der Waals surface area contributed by atoms with E-state index in [0.717, 1.165) is 16.7 Å². The van der Waals surface area contributed by atoms with Gasteiger partial charge in [-0.2, -0.15) is 11.8 Å². The fourth-order valence-corrected chi connectivity index (χ4v) is 3.83. The molecule has 4 heteroatoms. The van der Waals surface area contributed by atoms with E-state index in [1.165, 1.54) is 32.1 Å². The number of carbonyl (C=O) groups is 1. The van der Waals surface area contributed by atoms with Gasteiger partial charge in [0.1, 0.15) is 0 Å². The van der Waals surface area contributed by atoms with Crippen LogP contribution in [0.3, 0.4) is 0 Å². The Balaban J connectivity index is 1.67. The summed E-state index contributed by atoms with van der Waals surface area (Å²) in [5.41, 5.74) is 0.778. The van der Waals surface area contributed by atoms with Crippen molar-refractivity contribution in [3.8, 4) is 0 Å². The summed E-state index contributed by atoms with van der Waals surface area (Å²) in [6, 6.07) is 7.27. The van der Waals surface area contributed by atoms with E-state index in [2.05, 4.69) is 5.32 Å². The van der Waals surface area contributed by atoms with Crippen molar-refractivity contribution in [2.45, 2.75) is 43.8 Å². The molecule has 0 spiro atoms. The second kappa shape index (κ2) is 7.81. The van der Waals surface area contributed by atoms with Gasteiger partial charge in [-0.15, -0.1) is 0 Å². The molecule has 104 valence electrons. The van der Waals surface area contributed by atoms with E-state index >= 15 is 0 Å². The summed E-state index contributed by atoms with van der Waals surface area (Å²) in [7, 11) is 0. The monoisotopic (exact) mass is 297 g/mol. The van der Waals surface area contributed by atoms with Crippen LogP contribution in [0.15, 0.2) is 24.3 Å². The van der Waals surface area contributed by atoms with E-state index in [4.69, 9.17) is 11.6 Å². The highest BCUT2D eigenvalue weighted by atomic mass is 35.5. The predicted octanol–water partition coefficient (Wildman–Crippen LogP) is 4.73. The van der Waals surface area contributed by atoms with Gasteiger partial charge in [0.05, 0.1) is 0 Å². The Morgan fingerprint density at radius 3 is 2.84 bits per heavy atom. The molecular formula is C15H20ClNOS. The van der Waals surface area contributed by atoms with Gasteiger partial charge in [-0.1, -0.05) is 36.9 Å². The first-order chi connectivity index (χ1) is 9.24. The minimum absolute atomic E-state index is 0.0746. The van der Waals surface area contributed by atoms with Crippen LogP contribution in [0.25, 0.3) is 0 Å². The van der Waals surface area contributed by atoms with Crippen molar-refractivity contribution in [1.82, 2.24) is 0 Å². The molecule has 0 aromatic heterocycles. The molecule has 0 radical (unpaired) electrons. The summed E-state index contributed by atoms with van der Waals surface area (Å²) in [6.45, 7) is 0. The standard InChI is InChI=1S/C15H20ClNOS/c16-12-5-4-6-13(11-12)17-15(18)9-10-19-14-7-2-1-3-8-14/h4-6,11,14H,1-3,7-10H2,(H,17,18). The van der Waals surface area contributed by atoms with E-state index in [-0.39, 0.29) is 5.91 Å². The fourth-order valence-electron chi connectivity index (χ4n) is 2.34. The van der Waals surface area contributed by atoms with Crippen molar-refractivity contribution < 1.29 is 4.79 Å². The van der Waals surface area contributed by atoms with E-state index in [1.807, 2.05) is 23.9 Å². The maximum Gasteiger partial charge on any atom is 0.225 e. The Kier molecular flexibility index (Phi) is 6.05. The smallest absolute Gasteiger partial charge is 0.225 e. The van der Waals surface area contributed by atoms with E-state index in [9.17, 15) is 4.79 Å². The summed E-state index contributed by atoms with van der Waals surface area (Å²) < 4.78 is 0. The van der Waals surface area contributed by atoms with Crippen molar-refractivity contribution in [3.05, 3.63) is 29.3 Å². The third-order valence-corrected chi connectivity index (χ3v) is 4.96. The molecule has 0 saturated heterocycles. The number of thioether (sulfide) groups is 1. The number of benzene rings is 1. The Bertz CT molecular complexity index is 418. The van der Waals surface area contributed by atoms with Crippen molar-refractivity contribution >= 4 is 35.0 Å². The average molecular weight is 298 g/mol. The molecule has 1 aromatic rings. The van der Waals surface area contributed by atoms with Gasteiger partial charge < -0.3 is 5.32 Å². The molecular weight excluding hydrogens is 278 g/mol. The lowest BCUT2D eigenvalue weighted by Gasteiger charge is -2.20. The van der Waals surface area contributed by atoms with Gasteiger partial charge in [-0.25, -0.2) is 0 Å². The molecule has 0 atom stereocenters. The normalized spacial score (nSPS) is 16.3. The van der Waals surface area contributed by atoms with Crippen molar-refractivity contribution in [2.24, 2.45) is 0 Å². The first-order valence-electron chi connectivity index (χ1n) is 6.91. The summed E-state index contributed by atoms with van der Waals surface area (Å²) in [5, 5.41) is 4.30. The zero-order valence-corrected chi connectivity index (χ0v) is 12.6. The summed E-state index contributed by atoms with van der Waals surface area (Å²) >= 11 is 7.83. The molecule has 2 nitrogen and oxygen atoms in total. The summed E-state index contributed by atoms with van der Waals surface area (Å²) in [4.78, 5) is 11.8. The van der Waals surface area contributed by atoms with Gasteiger partial charge in [-0.05, 0) is 31.0 Å². The highest BCUT2D eigenvalue weighted by Crippen LogP contribution is 2.28. The van der Waals surface area contributed by atoms with Crippen LogP contribution in [0.2, 0.25) is 5.02 Å². The molecule has 1 saturated carbocycles. The Morgan fingerprint density at radius 1 is 1.32 bits per heavy atom. The minimum Gasteiger partial charge on any atom is -0.326 e. The molecule has 1 aliphatic carbocycles. The molecule has 1 aromatic carbocycles. The quantitative estimate of drug-likeness (QED) is 0.851. The van der Waals surface area contributed by atoms with Gasteiger partial charge in [0.25, 0.3) is 0 Å². The Morgan fingerprint density at radius 2 is 2.11 bits per heavy atom. The number of amides is 1. The molecule has 1 N–H and O–H groups in total. The molecule has 1 fully saturated rings. The van der Waals surface area contributed by atoms with Crippen molar-refractivity contribution in [1.29, 1.82) is 0 Å². The predicted molar refractivity (Wildman–Crippen MR) is 84.0 cm³/mol. The molecule has 0 bridgehead atoms. The zero-order valence-electron chi connectivity index (χ0n) is 11.0. The van der Waals surface area contributed by atoms with Crippen LogP contribution in [-0.4, -0.2) is 16.9 Å². The first kappa shape index (κ1) is 14.7. The first-order valence-corrected chi connectivity index (χ1v) is 8.34. The molecule has 2 rings (SSSR count). The van der Waals surface area contributed by atoms with Crippen molar-refractivity contribution in [2.75, 3.05) is 11.1 Å². The number of nitrogens with one attached hydrogen (secondary N) is 1. The third kappa shape index (κ3) is 5.45. The lowest BCUT2D eigenvalue weighted by Crippen LogP contribution is -2.14. The van der Waals surface area contributed by atoms with Gasteiger partial charge in [0, 0.05) is 28.1 Å². The van der Waals surface area contributed by atoms with E-state index < -0.39 is 0 Å². The lowest BCUT2D eigenvalue weighted by atomic mass is 10.0. The number of rotatable bonds is 5. The molecule has 0 aliphatic heterocycles. The third-order valence-electron chi connectivity index (χ3n) is 3.34. The molecule has 1 aliphatic rings. The number of hydrogen-bond acceptors (Lipinski definition) is 2. The highest BCUT2D eigenvalue weighted by molar-refractivity contribution is 7.99. The van der Waals surface area contributed by atoms with E-state index in [0.29, 0.717) is 11.4 Å². The fraction of sp³-hybridized carbons (Fsp3) is 0.533. The Labute approximate surface area is 124 Å². The SMILES string of the molecule is O=C(CCSC1CCCCC1)Nc1cccc(Cl)c1. The maximum atomic E-state index is 11.8. The number of halogens is 1. The minimum atomic E-state index is 0.0746. The molecule has 0 heterocycles. The van der Waals surface area contributed by atoms with Crippen LogP contribution in [-0.2, 0) is 4.79 Å². The number of hydrogen-bond donors (Lipinski definition) is 1. The van der Waals surface area contributed by atoms with Gasteiger partial charge >= 0.3 is 0 Å². The summed E-state index contributed by atoms with van der Waals surface area (Å²) in [5.74, 6) is 0.988. The van der Waals surface area contributed by atoms with Gasteiger partial charge in [0.2, 0.25) is 5.91 Å². The maximum absolute atomic E-state index is 11.8. The number of carbonyl (C=O) groups excluding carboxylic acids is 1. The second-order valence-electron chi connectivity index (χ2n) is 4.94. The van der Waals surface area contributed by atoms with Gasteiger partial charge in [0.15, 0.2) is 0 Å². The van der Waals surface area contributed by atoms with Crippen LogP contribution in [0.4, 0.5) is 5.69 Å². The van der Waals surface area contributed by atoms with Crippen LogP contribution in [0.5, 0.6) is 0 Å². The number of anilines is 1. The second-order valence-corrected chi connectivity index (χ2v) is 6.78. The largest absolute Gasteiger partial charge is 0.326 e. The van der Waals surface area contributed by atoms with Crippen molar-refractivity contribution in [3.63, 3.8) is 0 Å². The van der Waals surface area contributed by atoms with Crippen LogP contribution >= 0.6 is 23.4 Å². The van der Waals surface area contributed by atoms with E-state index in [1.54, 1.807) is 12.1 Å². The van der Waals surface area contributed by atoms with Crippen LogP contribution in [0.1, 0.15) is 38.5 Å². The zero-order chi connectivity index (χ0) is 13.5. The highest BCUT2D eigenvalue weighted by Gasteiger charge is 2.14. The molecule has 0 unspecified atom stereocenters.